The number of benzene rings is 2. The smallest absolute Gasteiger partial charge is 0.273 e. The second-order valence-electron chi connectivity index (χ2n) is 7.35. The van der Waals surface area contributed by atoms with E-state index in [9.17, 15) is 4.79 Å². The second-order valence-corrected chi connectivity index (χ2v) is 7.35. The highest BCUT2D eigenvalue weighted by Gasteiger charge is 2.19. The van der Waals surface area contributed by atoms with Gasteiger partial charge < -0.3 is 19.8 Å². The molecule has 8 nitrogen and oxygen atoms in total. The first-order valence-corrected chi connectivity index (χ1v) is 10.2. The van der Waals surface area contributed by atoms with Gasteiger partial charge in [-0.2, -0.15) is 0 Å². The molecule has 1 aliphatic heterocycles. The zero-order valence-electron chi connectivity index (χ0n) is 18.9. The summed E-state index contributed by atoms with van der Waals surface area (Å²) in [6.45, 7) is 5.92. The highest BCUT2D eigenvalue weighted by atomic mass is 16.7. The van der Waals surface area contributed by atoms with Crippen LogP contribution in [0.25, 0.3) is 0 Å². The predicted molar refractivity (Wildman–Crippen MR) is 123 cm³/mol. The highest BCUT2D eigenvalue weighted by Crippen LogP contribution is 2.23. The molecule has 168 valence electrons. The van der Waals surface area contributed by atoms with Gasteiger partial charge in [0.2, 0.25) is 0 Å². The molecular formula is C24H28N4O4. The number of hydrogen-bond acceptors (Lipinski definition) is 7. The molecule has 0 fully saturated rings. The average molecular weight is 437 g/mol. The van der Waals surface area contributed by atoms with Crippen LogP contribution in [0.4, 0.5) is 0 Å². The SMILES string of the molecule is CNC(=O)/C(=N/OC)c1cccc(C)c1CO/N=C(\C)c1cccc(C2C=C(C)ON2)c1. The van der Waals surface area contributed by atoms with Crippen molar-refractivity contribution < 1.29 is 19.3 Å². The second kappa shape index (κ2) is 10.6. The van der Waals surface area contributed by atoms with Crippen LogP contribution in [0.5, 0.6) is 0 Å². The third-order valence-corrected chi connectivity index (χ3v) is 5.11. The number of oxime groups is 2. The Balaban J connectivity index is 1.79. The number of rotatable bonds is 8. The first-order chi connectivity index (χ1) is 15.4. The first kappa shape index (κ1) is 23.0. The van der Waals surface area contributed by atoms with Gasteiger partial charge in [0.15, 0.2) is 5.71 Å². The van der Waals surface area contributed by atoms with Crippen molar-refractivity contribution in [3.8, 4) is 0 Å². The minimum absolute atomic E-state index is 0.00130. The quantitative estimate of drug-likeness (QED) is 0.488. The summed E-state index contributed by atoms with van der Waals surface area (Å²) in [4.78, 5) is 28.2. The molecule has 1 heterocycles. The number of hydroxylamine groups is 1. The summed E-state index contributed by atoms with van der Waals surface area (Å²) in [6, 6.07) is 13.7. The molecule has 0 aliphatic carbocycles. The largest absolute Gasteiger partial charge is 0.413 e. The van der Waals surface area contributed by atoms with E-state index in [4.69, 9.17) is 14.5 Å². The van der Waals surface area contributed by atoms with Crippen molar-refractivity contribution >= 4 is 17.3 Å². The molecule has 3 rings (SSSR count). The van der Waals surface area contributed by atoms with Gasteiger partial charge in [-0.05, 0) is 49.6 Å². The number of aryl methyl sites for hydroxylation is 1. The first-order valence-electron chi connectivity index (χ1n) is 10.2. The molecular weight excluding hydrogens is 408 g/mol. The molecule has 2 N–H and O–H groups in total. The number of hydrogen-bond donors (Lipinski definition) is 2. The molecule has 0 spiro atoms. The number of nitrogens with zero attached hydrogens (tertiary/aromatic N) is 2. The highest BCUT2D eigenvalue weighted by molar-refractivity contribution is 6.45. The number of likely N-dealkylation sites (N-methyl/N-ethyl adjacent to an activating group) is 1. The zero-order chi connectivity index (χ0) is 23.1. The van der Waals surface area contributed by atoms with Gasteiger partial charge in [0.05, 0.1) is 11.8 Å². The number of nitrogens with one attached hydrogen (secondary N) is 2. The van der Waals surface area contributed by atoms with Crippen molar-refractivity contribution in [2.24, 2.45) is 10.3 Å². The molecule has 2 aromatic rings. The van der Waals surface area contributed by atoms with Crippen LogP contribution in [0, 0.1) is 6.92 Å². The van der Waals surface area contributed by atoms with Crippen molar-refractivity contribution in [2.45, 2.75) is 33.4 Å². The fraction of sp³-hybridized carbons (Fsp3) is 0.292. The van der Waals surface area contributed by atoms with Crippen molar-refractivity contribution in [1.29, 1.82) is 0 Å². The van der Waals surface area contributed by atoms with Gasteiger partial charge in [-0.15, -0.1) is 5.48 Å². The molecule has 0 saturated carbocycles. The van der Waals surface area contributed by atoms with Gasteiger partial charge in [0, 0.05) is 18.2 Å². The Morgan fingerprint density at radius 2 is 1.97 bits per heavy atom. The lowest BCUT2D eigenvalue weighted by Gasteiger charge is -2.13. The summed E-state index contributed by atoms with van der Waals surface area (Å²) in [5.74, 6) is 0.500. The summed E-state index contributed by atoms with van der Waals surface area (Å²) in [5.41, 5.74) is 8.32. The lowest BCUT2D eigenvalue weighted by Crippen LogP contribution is -2.29. The normalized spacial score (nSPS) is 16.3. The van der Waals surface area contributed by atoms with E-state index in [1.165, 1.54) is 7.11 Å². The van der Waals surface area contributed by atoms with E-state index in [0.29, 0.717) is 5.56 Å². The Bertz CT molecular complexity index is 1080. The van der Waals surface area contributed by atoms with E-state index in [0.717, 1.165) is 33.7 Å². The number of allylic oxidation sites excluding steroid dienone is 1. The van der Waals surface area contributed by atoms with Gasteiger partial charge in [-0.1, -0.05) is 46.7 Å². The van der Waals surface area contributed by atoms with Crippen LogP contribution in [0.1, 0.15) is 47.7 Å². The van der Waals surface area contributed by atoms with Crippen LogP contribution >= 0.6 is 0 Å². The summed E-state index contributed by atoms with van der Waals surface area (Å²) in [7, 11) is 2.95. The molecule has 2 aromatic carbocycles. The van der Waals surface area contributed by atoms with Crippen LogP contribution in [-0.2, 0) is 25.9 Å². The summed E-state index contributed by atoms with van der Waals surface area (Å²) in [5, 5.41) is 10.8. The molecule has 0 radical (unpaired) electrons. The summed E-state index contributed by atoms with van der Waals surface area (Å²) in [6.07, 6.45) is 2.02. The number of amides is 1. The van der Waals surface area contributed by atoms with Crippen LogP contribution in [0.15, 0.2) is 64.6 Å². The van der Waals surface area contributed by atoms with Crippen molar-refractivity contribution in [3.63, 3.8) is 0 Å². The molecule has 1 aliphatic rings. The third kappa shape index (κ3) is 5.33. The van der Waals surface area contributed by atoms with E-state index in [-0.39, 0.29) is 24.3 Å². The van der Waals surface area contributed by atoms with E-state index >= 15 is 0 Å². The molecule has 1 atom stereocenters. The number of carbonyl (C=O) groups is 1. The van der Waals surface area contributed by atoms with E-state index < -0.39 is 0 Å². The van der Waals surface area contributed by atoms with Crippen LogP contribution in [0.2, 0.25) is 0 Å². The topological polar surface area (TPSA) is 93.5 Å². The molecule has 1 amide bonds. The van der Waals surface area contributed by atoms with Gasteiger partial charge in [0.1, 0.15) is 19.5 Å². The van der Waals surface area contributed by atoms with E-state index in [1.807, 2.05) is 69.3 Å². The van der Waals surface area contributed by atoms with Gasteiger partial charge in [-0.25, -0.2) is 0 Å². The lowest BCUT2D eigenvalue weighted by molar-refractivity contribution is -0.114. The maximum atomic E-state index is 12.3. The van der Waals surface area contributed by atoms with Crippen LogP contribution in [-0.4, -0.2) is 31.5 Å². The van der Waals surface area contributed by atoms with Gasteiger partial charge >= 0.3 is 0 Å². The predicted octanol–water partition coefficient (Wildman–Crippen LogP) is 3.51. The van der Waals surface area contributed by atoms with Gasteiger partial charge in [-0.3, -0.25) is 4.79 Å². The summed E-state index contributed by atoms with van der Waals surface area (Å²) >= 11 is 0. The Labute approximate surface area is 187 Å². The summed E-state index contributed by atoms with van der Waals surface area (Å²) < 4.78 is 0. The fourth-order valence-electron chi connectivity index (χ4n) is 3.37. The van der Waals surface area contributed by atoms with Gasteiger partial charge in [0.25, 0.3) is 5.91 Å². The van der Waals surface area contributed by atoms with Crippen molar-refractivity contribution in [2.75, 3.05) is 14.2 Å². The van der Waals surface area contributed by atoms with Crippen molar-refractivity contribution in [3.05, 3.63) is 82.1 Å². The molecule has 32 heavy (non-hydrogen) atoms. The standard InChI is InChI=1S/C24H28N4O4/c1-15-8-6-11-20(23(28-30-5)24(29)25-4)21(15)14-31-26-17(3)18-9-7-10-19(13-18)22-12-16(2)32-27-22/h6-13,22,27H,14H2,1-5H3,(H,25,29)/b26-17+,28-23+. The third-order valence-electron chi connectivity index (χ3n) is 5.11. The van der Waals surface area contributed by atoms with Crippen molar-refractivity contribution in [1.82, 2.24) is 10.8 Å². The van der Waals surface area contributed by atoms with Crippen LogP contribution in [0.3, 0.4) is 0 Å². The van der Waals surface area contributed by atoms with E-state index in [1.54, 1.807) is 7.05 Å². The minimum Gasteiger partial charge on any atom is -0.413 e. The maximum Gasteiger partial charge on any atom is 0.273 e. The lowest BCUT2D eigenvalue weighted by atomic mass is 9.98. The fourth-order valence-corrected chi connectivity index (χ4v) is 3.37. The molecule has 0 bridgehead atoms. The Morgan fingerprint density at radius 1 is 1.19 bits per heavy atom. The van der Waals surface area contributed by atoms with Crippen LogP contribution < -0.4 is 10.8 Å². The Kier molecular flexibility index (Phi) is 7.62. The average Bonchev–Trinajstić information content (AvgIpc) is 3.24. The number of carbonyl (C=O) groups excluding carboxylic acids is 1. The Hall–Kier alpha value is -3.65. The Morgan fingerprint density at radius 3 is 2.66 bits per heavy atom. The molecule has 1 unspecified atom stereocenters. The zero-order valence-corrected chi connectivity index (χ0v) is 18.9. The van der Waals surface area contributed by atoms with E-state index in [2.05, 4.69) is 21.1 Å². The minimum atomic E-state index is -0.344. The molecule has 0 saturated heterocycles. The molecule has 0 aromatic heterocycles. The maximum absolute atomic E-state index is 12.3. The molecule has 8 heteroatoms. The monoisotopic (exact) mass is 436 g/mol.